The summed E-state index contributed by atoms with van der Waals surface area (Å²) in [7, 11) is 0. The number of morpholine rings is 1. The van der Waals surface area contributed by atoms with Crippen molar-refractivity contribution in [1.29, 1.82) is 5.26 Å². The summed E-state index contributed by atoms with van der Waals surface area (Å²) in [4.78, 5) is 15.4. The van der Waals surface area contributed by atoms with E-state index in [4.69, 9.17) is 9.47 Å². The number of nitrogens with zero attached hydrogens (tertiary/aromatic N) is 5. The summed E-state index contributed by atoms with van der Waals surface area (Å²) in [5, 5.41) is 14.3. The van der Waals surface area contributed by atoms with Crippen LogP contribution in [0.5, 0.6) is 5.88 Å². The molecule has 2 aromatic heterocycles. The smallest absolute Gasteiger partial charge is 0.215 e. The molecule has 2 aliphatic heterocycles. The molecule has 0 atom stereocenters. The maximum atomic E-state index is 9.77. The van der Waals surface area contributed by atoms with Crippen LogP contribution >= 0.6 is 0 Å². The highest BCUT2D eigenvalue weighted by molar-refractivity contribution is 6.09. The molecule has 0 aliphatic carbocycles. The van der Waals surface area contributed by atoms with Gasteiger partial charge in [0.2, 0.25) is 5.88 Å². The van der Waals surface area contributed by atoms with Crippen molar-refractivity contribution in [1.82, 2.24) is 9.97 Å². The maximum Gasteiger partial charge on any atom is 0.215 e. The van der Waals surface area contributed by atoms with Crippen LogP contribution in [0.4, 0.5) is 17.5 Å². The van der Waals surface area contributed by atoms with Gasteiger partial charge >= 0.3 is 0 Å². The average Bonchev–Trinajstić information content (AvgIpc) is 2.62. The van der Waals surface area contributed by atoms with Crippen LogP contribution in [0, 0.1) is 11.3 Å². The number of hydrogen-bond acceptors (Lipinski definition) is 8. The van der Waals surface area contributed by atoms with E-state index in [1.807, 2.05) is 6.92 Å². The van der Waals surface area contributed by atoms with E-state index in [0.717, 1.165) is 10.8 Å². The molecule has 8 nitrogen and oxygen atoms in total. The Kier molecular flexibility index (Phi) is 3.63. The fraction of sp³-hybridized carbons (Fsp3) is 0.375. The predicted molar refractivity (Wildman–Crippen MR) is 90.2 cm³/mol. The van der Waals surface area contributed by atoms with Gasteiger partial charge in [-0.3, -0.25) is 0 Å². The number of anilines is 2. The highest BCUT2D eigenvalue weighted by Crippen LogP contribution is 2.39. The van der Waals surface area contributed by atoms with E-state index in [2.05, 4.69) is 31.2 Å². The lowest BCUT2D eigenvalue weighted by molar-refractivity contribution is 0.122. The zero-order valence-electron chi connectivity index (χ0n) is 13.2. The van der Waals surface area contributed by atoms with Gasteiger partial charge in [-0.25, -0.2) is 9.98 Å². The Morgan fingerprint density at radius 1 is 1.38 bits per heavy atom. The highest BCUT2D eigenvalue weighted by Gasteiger charge is 2.24. The van der Waals surface area contributed by atoms with Crippen molar-refractivity contribution >= 4 is 34.6 Å². The zero-order chi connectivity index (χ0) is 16.5. The topological polar surface area (TPSA) is 95.7 Å². The molecule has 1 saturated heterocycles. The van der Waals surface area contributed by atoms with Gasteiger partial charge in [-0.05, 0) is 6.92 Å². The van der Waals surface area contributed by atoms with E-state index in [9.17, 15) is 5.26 Å². The van der Waals surface area contributed by atoms with Crippen molar-refractivity contribution in [3.05, 3.63) is 11.6 Å². The molecule has 0 aromatic carbocycles. The van der Waals surface area contributed by atoms with Crippen molar-refractivity contribution in [3.63, 3.8) is 0 Å². The number of ether oxygens (including phenoxy) is 2. The first kappa shape index (κ1) is 14.7. The van der Waals surface area contributed by atoms with Crippen molar-refractivity contribution in [2.24, 2.45) is 4.99 Å². The monoisotopic (exact) mass is 324 g/mol. The van der Waals surface area contributed by atoms with E-state index >= 15 is 0 Å². The van der Waals surface area contributed by atoms with E-state index in [-0.39, 0.29) is 0 Å². The van der Waals surface area contributed by atoms with Crippen LogP contribution in [-0.4, -0.2) is 49.2 Å². The highest BCUT2D eigenvalue weighted by atomic mass is 16.5. The molecule has 2 aliphatic rings. The third-order valence-electron chi connectivity index (χ3n) is 4.03. The number of nitriles is 1. The second kappa shape index (κ2) is 5.94. The minimum absolute atomic E-state index is 0.459. The molecule has 8 heteroatoms. The van der Waals surface area contributed by atoms with E-state index in [1.54, 1.807) is 12.4 Å². The van der Waals surface area contributed by atoms with Crippen LogP contribution in [-0.2, 0) is 4.74 Å². The van der Waals surface area contributed by atoms with Crippen molar-refractivity contribution in [3.8, 4) is 11.9 Å². The summed E-state index contributed by atoms with van der Waals surface area (Å²) in [6.45, 7) is 5.05. The number of aliphatic imine (C=N–C) groups is 1. The molecule has 24 heavy (non-hydrogen) atoms. The van der Waals surface area contributed by atoms with Crippen LogP contribution in [0.3, 0.4) is 0 Å². The van der Waals surface area contributed by atoms with Gasteiger partial charge in [-0.1, -0.05) is 0 Å². The second-order valence-electron chi connectivity index (χ2n) is 5.41. The van der Waals surface area contributed by atoms with Gasteiger partial charge in [-0.2, -0.15) is 10.2 Å². The Morgan fingerprint density at radius 3 is 2.96 bits per heavy atom. The minimum atomic E-state index is 0.459. The van der Waals surface area contributed by atoms with E-state index in [0.29, 0.717) is 61.8 Å². The molecular weight excluding hydrogens is 308 g/mol. The lowest BCUT2D eigenvalue weighted by atomic mass is 10.1. The Morgan fingerprint density at radius 2 is 2.21 bits per heavy atom. The summed E-state index contributed by atoms with van der Waals surface area (Å²) < 4.78 is 10.9. The molecule has 0 spiro atoms. The number of rotatable bonds is 3. The zero-order valence-corrected chi connectivity index (χ0v) is 13.2. The molecule has 4 heterocycles. The largest absolute Gasteiger partial charge is 0.478 e. The first-order valence-corrected chi connectivity index (χ1v) is 7.85. The minimum Gasteiger partial charge on any atom is -0.478 e. The first-order chi connectivity index (χ1) is 11.8. The van der Waals surface area contributed by atoms with Crippen LogP contribution in [0.15, 0.2) is 11.1 Å². The fourth-order valence-electron chi connectivity index (χ4n) is 2.97. The maximum absolute atomic E-state index is 9.77. The SMILES string of the molecule is CCOc1cc2c(C#N)c(N3CCOCC3)nc3c2c(n1)N=CN3. The molecule has 1 fully saturated rings. The molecule has 0 saturated carbocycles. The second-order valence-corrected chi connectivity index (χ2v) is 5.41. The lowest BCUT2D eigenvalue weighted by Crippen LogP contribution is -2.37. The summed E-state index contributed by atoms with van der Waals surface area (Å²) >= 11 is 0. The van der Waals surface area contributed by atoms with E-state index < -0.39 is 0 Å². The van der Waals surface area contributed by atoms with Gasteiger partial charge in [0, 0.05) is 24.5 Å². The standard InChI is InChI=1S/C16H16N6O2/c1-2-24-12-7-10-11(8-17)16(22-3-5-23-6-4-22)21-15-13(10)14(20-12)18-9-19-15/h7,9H,2-6H2,1H3,(H,18,19,20,21). The average molecular weight is 324 g/mol. The van der Waals surface area contributed by atoms with Gasteiger partial charge < -0.3 is 19.7 Å². The number of aromatic nitrogens is 2. The number of nitrogens with one attached hydrogen (secondary N) is 1. The number of pyridine rings is 2. The Balaban J connectivity index is 1.98. The van der Waals surface area contributed by atoms with Gasteiger partial charge in [-0.15, -0.1) is 0 Å². The molecule has 0 amide bonds. The predicted octanol–water partition coefficient (Wildman–Crippen LogP) is 1.82. The van der Waals surface area contributed by atoms with Crippen LogP contribution in [0.25, 0.3) is 10.8 Å². The van der Waals surface area contributed by atoms with Crippen LogP contribution < -0.4 is 15.0 Å². The summed E-state index contributed by atoms with van der Waals surface area (Å²) in [6.07, 6.45) is 1.56. The summed E-state index contributed by atoms with van der Waals surface area (Å²) in [6, 6.07) is 4.09. The number of hydrogen-bond donors (Lipinski definition) is 1. The van der Waals surface area contributed by atoms with Crippen LogP contribution in [0.2, 0.25) is 0 Å². The third kappa shape index (κ3) is 2.30. The molecular formula is C16H16N6O2. The molecule has 1 N–H and O–H groups in total. The summed E-state index contributed by atoms with van der Waals surface area (Å²) in [5.74, 6) is 2.29. The first-order valence-electron chi connectivity index (χ1n) is 7.85. The molecule has 0 unspecified atom stereocenters. The molecule has 4 rings (SSSR count). The normalized spacial score (nSPS) is 15.9. The fourth-order valence-corrected chi connectivity index (χ4v) is 2.97. The quantitative estimate of drug-likeness (QED) is 0.920. The van der Waals surface area contributed by atoms with Gasteiger partial charge in [0.25, 0.3) is 0 Å². The molecule has 0 bridgehead atoms. The van der Waals surface area contributed by atoms with Gasteiger partial charge in [0.15, 0.2) is 5.82 Å². The van der Waals surface area contributed by atoms with Crippen molar-refractivity contribution in [2.75, 3.05) is 43.1 Å². The van der Waals surface area contributed by atoms with E-state index in [1.165, 1.54) is 0 Å². The molecule has 122 valence electrons. The molecule has 2 aromatic rings. The Bertz CT molecular complexity index is 867. The Hall–Kier alpha value is -2.92. The van der Waals surface area contributed by atoms with Gasteiger partial charge in [0.1, 0.15) is 23.3 Å². The van der Waals surface area contributed by atoms with Gasteiger partial charge in [0.05, 0.1) is 31.5 Å². The molecule has 0 radical (unpaired) electrons. The Labute approximate surface area is 138 Å². The van der Waals surface area contributed by atoms with Crippen LogP contribution in [0.1, 0.15) is 12.5 Å². The van der Waals surface area contributed by atoms with Crippen molar-refractivity contribution < 1.29 is 9.47 Å². The summed E-state index contributed by atoms with van der Waals surface area (Å²) in [5.41, 5.74) is 0.513. The third-order valence-corrected chi connectivity index (χ3v) is 4.03. The lowest BCUT2D eigenvalue weighted by Gasteiger charge is -2.29. The van der Waals surface area contributed by atoms with Crippen molar-refractivity contribution in [2.45, 2.75) is 6.92 Å².